The summed E-state index contributed by atoms with van der Waals surface area (Å²) in [7, 11) is 0. The molecule has 0 aromatic heterocycles. The molecule has 0 spiro atoms. The number of benzene rings is 2. The van der Waals surface area contributed by atoms with Crippen LogP contribution in [-0.2, 0) is 12.8 Å². The SMILES string of the molecule is CCc1ccc(C(O)Cc2ccc(C)cc2Cl)cc1. The van der Waals surface area contributed by atoms with Crippen molar-refractivity contribution in [3.63, 3.8) is 0 Å². The van der Waals surface area contributed by atoms with Gasteiger partial charge in [-0.3, -0.25) is 0 Å². The summed E-state index contributed by atoms with van der Waals surface area (Å²) in [6, 6.07) is 14.1. The first-order chi connectivity index (χ1) is 9.10. The Morgan fingerprint density at radius 1 is 1.11 bits per heavy atom. The van der Waals surface area contributed by atoms with Crippen molar-refractivity contribution in [3.05, 3.63) is 69.7 Å². The van der Waals surface area contributed by atoms with Crippen molar-refractivity contribution < 1.29 is 5.11 Å². The molecule has 2 aromatic carbocycles. The smallest absolute Gasteiger partial charge is 0.0830 e. The van der Waals surface area contributed by atoms with Gasteiger partial charge in [-0.15, -0.1) is 0 Å². The quantitative estimate of drug-likeness (QED) is 0.871. The fourth-order valence-electron chi connectivity index (χ4n) is 2.12. The molecule has 1 nitrogen and oxygen atoms in total. The highest BCUT2D eigenvalue weighted by Crippen LogP contribution is 2.24. The highest BCUT2D eigenvalue weighted by molar-refractivity contribution is 6.31. The van der Waals surface area contributed by atoms with Crippen molar-refractivity contribution in [1.82, 2.24) is 0 Å². The average molecular weight is 275 g/mol. The summed E-state index contributed by atoms with van der Waals surface area (Å²) in [6.45, 7) is 4.13. The van der Waals surface area contributed by atoms with E-state index in [0.717, 1.165) is 28.1 Å². The molecule has 2 rings (SSSR count). The zero-order valence-electron chi connectivity index (χ0n) is 11.4. The molecule has 1 atom stereocenters. The second-order valence-electron chi connectivity index (χ2n) is 4.91. The number of rotatable bonds is 4. The van der Waals surface area contributed by atoms with E-state index in [-0.39, 0.29) is 0 Å². The van der Waals surface area contributed by atoms with Crippen molar-refractivity contribution >= 4 is 11.6 Å². The van der Waals surface area contributed by atoms with Gasteiger partial charge in [0.05, 0.1) is 6.10 Å². The van der Waals surface area contributed by atoms with Gasteiger partial charge in [0.25, 0.3) is 0 Å². The standard InChI is InChI=1S/C17H19ClO/c1-3-13-5-8-14(9-6-13)17(19)11-15-7-4-12(2)10-16(15)18/h4-10,17,19H,3,11H2,1-2H3. The molecule has 2 heteroatoms. The molecule has 0 saturated carbocycles. The molecule has 2 aromatic rings. The Bertz CT molecular complexity index is 546. The van der Waals surface area contributed by atoms with E-state index >= 15 is 0 Å². The minimum Gasteiger partial charge on any atom is -0.388 e. The Hall–Kier alpha value is -1.31. The first-order valence-corrected chi connectivity index (χ1v) is 7.00. The van der Waals surface area contributed by atoms with Crippen molar-refractivity contribution in [2.45, 2.75) is 32.8 Å². The minimum absolute atomic E-state index is 0.508. The van der Waals surface area contributed by atoms with Crippen LogP contribution in [0.25, 0.3) is 0 Å². The van der Waals surface area contributed by atoms with Crippen molar-refractivity contribution in [2.24, 2.45) is 0 Å². The Morgan fingerprint density at radius 3 is 2.37 bits per heavy atom. The third-order valence-corrected chi connectivity index (χ3v) is 3.75. The topological polar surface area (TPSA) is 20.2 Å². The molecular formula is C17H19ClO. The van der Waals surface area contributed by atoms with E-state index in [4.69, 9.17) is 11.6 Å². The van der Waals surface area contributed by atoms with E-state index in [9.17, 15) is 5.11 Å². The molecule has 19 heavy (non-hydrogen) atoms. The maximum absolute atomic E-state index is 10.3. The predicted octanol–water partition coefficient (Wildman–Crippen LogP) is 4.49. The maximum atomic E-state index is 10.3. The number of aryl methyl sites for hydroxylation is 2. The lowest BCUT2D eigenvalue weighted by Gasteiger charge is -2.13. The monoisotopic (exact) mass is 274 g/mol. The zero-order valence-corrected chi connectivity index (χ0v) is 12.1. The number of hydrogen-bond acceptors (Lipinski definition) is 1. The molecule has 0 saturated heterocycles. The number of halogens is 1. The molecule has 0 aliphatic rings. The van der Waals surface area contributed by atoms with Gasteiger partial charge in [-0.1, -0.05) is 54.9 Å². The fourth-order valence-corrected chi connectivity index (χ4v) is 2.43. The Morgan fingerprint density at radius 2 is 1.79 bits per heavy atom. The second-order valence-corrected chi connectivity index (χ2v) is 5.32. The number of aliphatic hydroxyl groups excluding tert-OH is 1. The molecule has 0 fully saturated rings. The summed E-state index contributed by atoms with van der Waals surface area (Å²) in [6.07, 6.45) is 1.05. The van der Waals surface area contributed by atoms with E-state index in [2.05, 4.69) is 19.1 Å². The molecular weight excluding hydrogens is 256 g/mol. The van der Waals surface area contributed by atoms with Crippen LogP contribution in [-0.4, -0.2) is 5.11 Å². The van der Waals surface area contributed by atoms with Gasteiger partial charge in [-0.05, 0) is 41.7 Å². The summed E-state index contributed by atoms with van der Waals surface area (Å²) in [5.41, 5.74) is 4.34. The first-order valence-electron chi connectivity index (χ1n) is 6.62. The van der Waals surface area contributed by atoms with Crippen LogP contribution in [0.2, 0.25) is 5.02 Å². The summed E-state index contributed by atoms with van der Waals surface area (Å²) >= 11 is 6.20. The highest BCUT2D eigenvalue weighted by atomic mass is 35.5. The molecule has 0 aliphatic carbocycles. The van der Waals surface area contributed by atoms with E-state index in [1.165, 1.54) is 5.56 Å². The molecule has 0 bridgehead atoms. The van der Waals surface area contributed by atoms with E-state index in [1.807, 2.05) is 37.3 Å². The van der Waals surface area contributed by atoms with Gasteiger partial charge in [0.1, 0.15) is 0 Å². The van der Waals surface area contributed by atoms with Crippen molar-refractivity contribution in [2.75, 3.05) is 0 Å². The molecule has 100 valence electrons. The molecule has 0 heterocycles. The van der Waals surface area contributed by atoms with Crippen LogP contribution in [0.4, 0.5) is 0 Å². The summed E-state index contributed by atoms with van der Waals surface area (Å²) < 4.78 is 0. The predicted molar refractivity (Wildman–Crippen MR) is 80.7 cm³/mol. The largest absolute Gasteiger partial charge is 0.388 e. The summed E-state index contributed by atoms with van der Waals surface area (Å²) in [4.78, 5) is 0. The van der Waals surface area contributed by atoms with Crippen LogP contribution in [0.1, 0.15) is 35.3 Å². The van der Waals surface area contributed by atoms with Crippen molar-refractivity contribution in [3.8, 4) is 0 Å². The van der Waals surface area contributed by atoms with Crippen LogP contribution in [0.5, 0.6) is 0 Å². The molecule has 1 unspecified atom stereocenters. The fraction of sp³-hybridized carbons (Fsp3) is 0.294. The second kappa shape index (κ2) is 6.23. The van der Waals surface area contributed by atoms with Gasteiger partial charge in [-0.2, -0.15) is 0 Å². The van der Waals surface area contributed by atoms with E-state index in [1.54, 1.807) is 0 Å². The van der Waals surface area contributed by atoms with Gasteiger partial charge in [-0.25, -0.2) is 0 Å². The molecule has 0 radical (unpaired) electrons. The van der Waals surface area contributed by atoms with Gasteiger partial charge < -0.3 is 5.11 Å². The third-order valence-electron chi connectivity index (χ3n) is 3.39. The Balaban J connectivity index is 2.13. The van der Waals surface area contributed by atoms with Gasteiger partial charge in [0.2, 0.25) is 0 Å². The Labute approximate surface area is 119 Å². The van der Waals surface area contributed by atoms with Gasteiger partial charge in [0, 0.05) is 11.4 Å². The normalized spacial score (nSPS) is 12.4. The molecule has 0 amide bonds. The number of hydrogen-bond donors (Lipinski definition) is 1. The number of aliphatic hydroxyl groups is 1. The van der Waals surface area contributed by atoms with Crippen LogP contribution in [0.3, 0.4) is 0 Å². The van der Waals surface area contributed by atoms with Crippen molar-refractivity contribution in [1.29, 1.82) is 0 Å². The first kappa shape index (κ1) is 14.1. The minimum atomic E-state index is -0.508. The average Bonchev–Trinajstić information content (AvgIpc) is 2.42. The lowest BCUT2D eigenvalue weighted by molar-refractivity contribution is 0.178. The molecule has 0 aliphatic heterocycles. The van der Waals surface area contributed by atoms with E-state index in [0.29, 0.717) is 6.42 Å². The van der Waals surface area contributed by atoms with Crippen LogP contribution < -0.4 is 0 Å². The van der Waals surface area contributed by atoms with E-state index < -0.39 is 6.10 Å². The highest BCUT2D eigenvalue weighted by Gasteiger charge is 2.10. The maximum Gasteiger partial charge on any atom is 0.0830 e. The van der Waals surface area contributed by atoms with Gasteiger partial charge in [0.15, 0.2) is 0 Å². The Kier molecular flexibility index (Phi) is 4.62. The zero-order chi connectivity index (χ0) is 13.8. The molecule has 1 N–H and O–H groups in total. The summed E-state index contributed by atoms with van der Waals surface area (Å²) in [5, 5.41) is 11.0. The lowest BCUT2D eigenvalue weighted by Crippen LogP contribution is -2.02. The third kappa shape index (κ3) is 3.59. The van der Waals surface area contributed by atoms with Crippen LogP contribution in [0.15, 0.2) is 42.5 Å². The van der Waals surface area contributed by atoms with Gasteiger partial charge >= 0.3 is 0 Å². The lowest BCUT2D eigenvalue weighted by atomic mass is 9.99. The summed E-state index contributed by atoms with van der Waals surface area (Å²) in [5.74, 6) is 0. The van der Waals surface area contributed by atoms with Crippen LogP contribution in [0, 0.1) is 6.92 Å². The van der Waals surface area contributed by atoms with Crippen LogP contribution >= 0.6 is 11.6 Å².